The zero-order chi connectivity index (χ0) is 17.2. The third kappa shape index (κ3) is 3.24. The van der Waals surface area contributed by atoms with Crippen LogP contribution in [0.4, 0.5) is 11.5 Å². The van der Waals surface area contributed by atoms with Crippen molar-refractivity contribution in [2.24, 2.45) is 0 Å². The zero-order valence-electron chi connectivity index (χ0n) is 13.9. The average Bonchev–Trinajstić information content (AvgIpc) is 3.05. The van der Waals surface area contributed by atoms with Crippen LogP contribution < -0.4 is 5.32 Å². The van der Waals surface area contributed by atoms with Gasteiger partial charge in [-0.05, 0) is 36.6 Å². The molecule has 0 spiro atoms. The smallest absolute Gasteiger partial charge is 0.272 e. The molecule has 3 heterocycles. The highest BCUT2D eigenvalue weighted by Gasteiger charge is 2.22. The van der Waals surface area contributed by atoms with Crippen molar-refractivity contribution in [1.82, 2.24) is 15.0 Å². The summed E-state index contributed by atoms with van der Waals surface area (Å²) in [5.41, 5.74) is 3.69. The van der Waals surface area contributed by atoms with Crippen LogP contribution in [-0.2, 0) is 13.0 Å². The standard InChI is InChI=1S/C19H18N4O2/c1-13-10-18(22-25-13)21-16-6-8-20-17(11-16)19(24)23-9-7-14-4-2-3-5-15(14)12-23/h2-6,8,10-11H,7,9,12H2,1H3,(H,20,21,22). The summed E-state index contributed by atoms with van der Waals surface area (Å²) in [4.78, 5) is 18.9. The summed E-state index contributed by atoms with van der Waals surface area (Å²) < 4.78 is 5.04. The highest BCUT2D eigenvalue weighted by Crippen LogP contribution is 2.21. The van der Waals surface area contributed by atoms with Crippen LogP contribution in [0.2, 0.25) is 0 Å². The lowest BCUT2D eigenvalue weighted by atomic mass is 10.00. The quantitative estimate of drug-likeness (QED) is 0.795. The van der Waals surface area contributed by atoms with Crippen molar-refractivity contribution in [3.63, 3.8) is 0 Å². The van der Waals surface area contributed by atoms with Gasteiger partial charge in [-0.15, -0.1) is 0 Å². The molecule has 1 amide bonds. The van der Waals surface area contributed by atoms with Gasteiger partial charge >= 0.3 is 0 Å². The molecule has 0 radical (unpaired) electrons. The van der Waals surface area contributed by atoms with Crippen LogP contribution in [-0.4, -0.2) is 27.5 Å². The molecule has 0 saturated carbocycles. The van der Waals surface area contributed by atoms with E-state index in [1.807, 2.05) is 24.0 Å². The molecule has 1 aliphatic heterocycles. The number of anilines is 2. The normalized spacial score (nSPS) is 13.4. The number of rotatable bonds is 3. The van der Waals surface area contributed by atoms with E-state index in [1.54, 1.807) is 24.4 Å². The van der Waals surface area contributed by atoms with Crippen molar-refractivity contribution in [2.45, 2.75) is 19.9 Å². The van der Waals surface area contributed by atoms with Crippen molar-refractivity contribution in [3.8, 4) is 0 Å². The third-order valence-corrected chi connectivity index (χ3v) is 4.30. The Kier molecular flexibility index (Phi) is 3.93. The zero-order valence-corrected chi connectivity index (χ0v) is 13.9. The summed E-state index contributed by atoms with van der Waals surface area (Å²) in [6, 6.07) is 13.6. The number of hydrogen-bond donors (Lipinski definition) is 1. The van der Waals surface area contributed by atoms with E-state index in [-0.39, 0.29) is 5.91 Å². The lowest BCUT2D eigenvalue weighted by molar-refractivity contribution is 0.0729. The molecular formula is C19H18N4O2. The maximum absolute atomic E-state index is 12.8. The third-order valence-electron chi connectivity index (χ3n) is 4.30. The lowest BCUT2D eigenvalue weighted by Crippen LogP contribution is -2.36. The minimum absolute atomic E-state index is 0.0607. The second kappa shape index (κ2) is 6.39. The van der Waals surface area contributed by atoms with Gasteiger partial charge < -0.3 is 14.7 Å². The molecule has 6 nitrogen and oxygen atoms in total. The van der Waals surface area contributed by atoms with Gasteiger partial charge in [-0.2, -0.15) is 0 Å². The van der Waals surface area contributed by atoms with Gasteiger partial charge in [0.2, 0.25) is 0 Å². The Labute approximate surface area is 145 Å². The Hall–Kier alpha value is -3.15. The number of carbonyl (C=O) groups is 1. The Bertz CT molecular complexity index is 919. The molecule has 1 N–H and O–H groups in total. The number of benzene rings is 1. The summed E-state index contributed by atoms with van der Waals surface area (Å²) in [6.07, 6.45) is 2.50. The molecule has 0 aliphatic carbocycles. The molecule has 0 atom stereocenters. The molecular weight excluding hydrogens is 316 g/mol. The van der Waals surface area contributed by atoms with Crippen LogP contribution in [0.15, 0.2) is 53.2 Å². The summed E-state index contributed by atoms with van der Waals surface area (Å²) in [6.45, 7) is 3.16. The molecule has 1 aromatic carbocycles. The minimum Gasteiger partial charge on any atom is -0.360 e. The summed E-state index contributed by atoms with van der Waals surface area (Å²) in [7, 11) is 0. The molecule has 1 aliphatic rings. The Morgan fingerprint density at radius 2 is 2.04 bits per heavy atom. The van der Waals surface area contributed by atoms with Crippen molar-refractivity contribution >= 4 is 17.4 Å². The van der Waals surface area contributed by atoms with Crippen LogP contribution in [0.5, 0.6) is 0 Å². The summed E-state index contributed by atoms with van der Waals surface area (Å²) >= 11 is 0. The first-order valence-electron chi connectivity index (χ1n) is 8.21. The van der Waals surface area contributed by atoms with E-state index in [9.17, 15) is 4.79 Å². The molecule has 0 saturated heterocycles. The highest BCUT2D eigenvalue weighted by molar-refractivity contribution is 5.93. The minimum atomic E-state index is -0.0607. The fourth-order valence-electron chi connectivity index (χ4n) is 3.03. The van der Waals surface area contributed by atoms with Gasteiger partial charge in [-0.25, -0.2) is 0 Å². The van der Waals surface area contributed by atoms with Gasteiger partial charge in [0.1, 0.15) is 11.5 Å². The number of aryl methyl sites for hydroxylation is 1. The first-order valence-corrected chi connectivity index (χ1v) is 8.21. The van der Waals surface area contributed by atoms with E-state index in [1.165, 1.54) is 11.1 Å². The van der Waals surface area contributed by atoms with Crippen molar-refractivity contribution in [2.75, 3.05) is 11.9 Å². The Morgan fingerprint density at radius 1 is 1.20 bits per heavy atom. The maximum Gasteiger partial charge on any atom is 0.272 e. The SMILES string of the molecule is Cc1cc(Nc2ccnc(C(=O)N3CCc4ccccc4C3)c2)no1. The number of nitrogens with one attached hydrogen (secondary N) is 1. The maximum atomic E-state index is 12.8. The number of nitrogens with zero attached hydrogens (tertiary/aromatic N) is 3. The van der Waals surface area contributed by atoms with Crippen molar-refractivity contribution in [3.05, 3.63) is 71.2 Å². The largest absolute Gasteiger partial charge is 0.360 e. The van der Waals surface area contributed by atoms with Crippen LogP contribution in [0.1, 0.15) is 27.4 Å². The van der Waals surface area contributed by atoms with E-state index in [2.05, 4.69) is 27.6 Å². The number of hydrogen-bond acceptors (Lipinski definition) is 5. The Balaban J connectivity index is 1.52. The van der Waals surface area contributed by atoms with Gasteiger partial charge in [-0.1, -0.05) is 29.4 Å². The van der Waals surface area contributed by atoms with E-state index in [0.717, 1.165) is 17.9 Å². The van der Waals surface area contributed by atoms with Gasteiger partial charge in [0.05, 0.1) is 0 Å². The molecule has 4 rings (SSSR count). The molecule has 6 heteroatoms. The predicted molar refractivity (Wildman–Crippen MR) is 93.6 cm³/mol. The average molecular weight is 334 g/mol. The van der Waals surface area contributed by atoms with E-state index < -0.39 is 0 Å². The van der Waals surface area contributed by atoms with Crippen LogP contribution in [0.3, 0.4) is 0 Å². The molecule has 0 fully saturated rings. The molecule has 3 aromatic rings. The number of fused-ring (bicyclic) bond motifs is 1. The van der Waals surface area contributed by atoms with Crippen molar-refractivity contribution in [1.29, 1.82) is 0 Å². The number of amides is 1. The van der Waals surface area contributed by atoms with E-state index in [0.29, 0.717) is 24.6 Å². The van der Waals surface area contributed by atoms with Crippen LogP contribution in [0, 0.1) is 6.92 Å². The van der Waals surface area contributed by atoms with Crippen molar-refractivity contribution < 1.29 is 9.32 Å². The summed E-state index contributed by atoms with van der Waals surface area (Å²) in [5.74, 6) is 1.27. The number of carbonyl (C=O) groups excluding carboxylic acids is 1. The number of pyridine rings is 1. The molecule has 25 heavy (non-hydrogen) atoms. The van der Waals surface area contributed by atoms with E-state index in [4.69, 9.17) is 4.52 Å². The molecule has 126 valence electrons. The fourth-order valence-corrected chi connectivity index (χ4v) is 3.03. The second-order valence-electron chi connectivity index (χ2n) is 6.12. The van der Waals surface area contributed by atoms with Gasteiger partial charge in [-0.3, -0.25) is 9.78 Å². The monoisotopic (exact) mass is 334 g/mol. The van der Waals surface area contributed by atoms with Crippen LogP contribution in [0.25, 0.3) is 0 Å². The number of aromatic nitrogens is 2. The first-order chi connectivity index (χ1) is 12.2. The topological polar surface area (TPSA) is 71.3 Å². The second-order valence-corrected chi connectivity index (χ2v) is 6.12. The van der Waals surface area contributed by atoms with E-state index >= 15 is 0 Å². The summed E-state index contributed by atoms with van der Waals surface area (Å²) in [5, 5.41) is 7.02. The molecule has 0 bridgehead atoms. The Morgan fingerprint density at radius 3 is 2.84 bits per heavy atom. The van der Waals surface area contributed by atoms with Gasteiger partial charge in [0.25, 0.3) is 5.91 Å². The lowest BCUT2D eigenvalue weighted by Gasteiger charge is -2.28. The van der Waals surface area contributed by atoms with Gasteiger partial charge in [0.15, 0.2) is 5.82 Å². The molecule has 0 unspecified atom stereocenters. The van der Waals surface area contributed by atoms with Gasteiger partial charge in [0, 0.05) is 31.0 Å². The highest BCUT2D eigenvalue weighted by atomic mass is 16.5. The predicted octanol–water partition coefficient (Wildman–Crippen LogP) is 3.32. The van der Waals surface area contributed by atoms with Crippen LogP contribution >= 0.6 is 0 Å². The molecule has 2 aromatic heterocycles. The fraction of sp³-hybridized carbons (Fsp3) is 0.211. The first kappa shape index (κ1) is 15.4.